The molecule has 0 amide bonds. The van der Waals surface area contributed by atoms with Crippen LogP contribution in [-0.2, 0) is 6.42 Å². The molecule has 0 unspecified atom stereocenters. The molecule has 15 heavy (non-hydrogen) atoms. The highest BCUT2D eigenvalue weighted by atomic mass is 32.1. The molecule has 0 saturated heterocycles. The number of hydrogen-bond donors (Lipinski definition) is 1. The Morgan fingerprint density at radius 3 is 2.73 bits per heavy atom. The summed E-state index contributed by atoms with van der Waals surface area (Å²) in [6, 6.07) is 4.36. The minimum absolute atomic E-state index is 0.0422. The van der Waals surface area contributed by atoms with Gasteiger partial charge in [-0.15, -0.1) is 0 Å². The Balaban J connectivity index is 2.97. The monoisotopic (exact) mass is 227 g/mol. The molecular weight excluding hydrogens is 213 g/mol. The van der Waals surface area contributed by atoms with Gasteiger partial charge in [-0.05, 0) is 32.0 Å². The molecule has 1 aromatic rings. The molecule has 0 radical (unpaired) electrons. The van der Waals surface area contributed by atoms with Crippen LogP contribution in [0.2, 0.25) is 0 Å². The van der Waals surface area contributed by atoms with Crippen LogP contribution in [-0.4, -0.2) is 11.1 Å². The van der Waals surface area contributed by atoms with Crippen LogP contribution >= 0.6 is 12.2 Å². The van der Waals surface area contributed by atoms with E-state index in [4.69, 9.17) is 22.7 Å². The van der Waals surface area contributed by atoms with Crippen molar-refractivity contribution in [2.24, 2.45) is 5.73 Å². The molecule has 0 saturated carbocycles. The van der Waals surface area contributed by atoms with Gasteiger partial charge in [0.25, 0.3) is 0 Å². The van der Waals surface area contributed by atoms with Crippen LogP contribution in [0.1, 0.15) is 19.4 Å². The predicted octanol–water partition coefficient (Wildman–Crippen LogP) is 2.44. The van der Waals surface area contributed by atoms with Gasteiger partial charge in [0.2, 0.25) is 0 Å². The van der Waals surface area contributed by atoms with E-state index in [9.17, 15) is 4.39 Å². The normalized spacial score (nSPS) is 10.4. The Hall–Kier alpha value is -1.16. The van der Waals surface area contributed by atoms with Crippen molar-refractivity contribution >= 4 is 17.2 Å². The molecule has 0 aromatic heterocycles. The molecule has 0 aliphatic heterocycles. The number of hydrogen-bond acceptors (Lipinski definition) is 2. The molecule has 0 fully saturated rings. The summed E-state index contributed by atoms with van der Waals surface area (Å²) in [6.45, 7) is 3.82. The van der Waals surface area contributed by atoms with Gasteiger partial charge in [-0.2, -0.15) is 0 Å². The zero-order valence-corrected chi connectivity index (χ0v) is 9.60. The second-order valence-corrected chi connectivity index (χ2v) is 4.09. The van der Waals surface area contributed by atoms with Gasteiger partial charge >= 0.3 is 0 Å². The Morgan fingerprint density at radius 1 is 1.53 bits per heavy atom. The minimum atomic E-state index is -0.308. The lowest BCUT2D eigenvalue weighted by molar-refractivity contribution is 0.240. The van der Waals surface area contributed by atoms with Crippen molar-refractivity contribution in [3.8, 4) is 5.75 Å². The topological polar surface area (TPSA) is 35.2 Å². The summed E-state index contributed by atoms with van der Waals surface area (Å²) in [5, 5.41) is 0. The molecule has 0 aliphatic carbocycles. The van der Waals surface area contributed by atoms with E-state index in [2.05, 4.69) is 0 Å². The first kappa shape index (κ1) is 11.9. The first-order valence-electron chi connectivity index (χ1n) is 4.72. The maximum atomic E-state index is 13.0. The highest BCUT2D eigenvalue weighted by Crippen LogP contribution is 2.21. The summed E-state index contributed by atoms with van der Waals surface area (Å²) in [5.41, 5.74) is 6.12. The van der Waals surface area contributed by atoms with Crippen LogP contribution < -0.4 is 10.5 Å². The van der Waals surface area contributed by atoms with E-state index in [0.29, 0.717) is 22.7 Å². The highest BCUT2D eigenvalue weighted by molar-refractivity contribution is 7.80. The van der Waals surface area contributed by atoms with Crippen molar-refractivity contribution in [2.75, 3.05) is 0 Å². The number of ether oxygens (including phenoxy) is 1. The van der Waals surface area contributed by atoms with Crippen LogP contribution in [0.25, 0.3) is 0 Å². The lowest BCUT2D eigenvalue weighted by Crippen LogP contribution is -2.14. The van der Waals surface area contributed by atoms with E-state index in [-0.39, 0.29) is 11.9 Å². The number of rotatable bonds is 4. The van der Waals surface area contributed by atoms with Crippen LogP contribution in [0.4, 0.5) is 4.39 Å². The van der Waals surface area contributed by atoms with Crippen LogP contribution in [0.15, 0.2) is 18.2 Å². The Bertz CT molecular complexity index is 366. The van der Waals surface area contributed by atoms with Gasteiger partial charge in [-0.25, -0.2) is 4.39 Å². The fourth-order valence-corrected chi connectivity index (χ4v) is 1.40. The van der Waals surface area contributed by atoms with Crippen molar-refractivity contribution in [1.82, 2.24) is 0 Å². The molecule has 0 heterocycles. The third kappa shape index (κ3) is 3.83. The van der Waals surface area contributed by atoms with E-state index in [1.165, 1.54) is 12.1 Å². The van der Waals surface area contributed by atoms with Crippen LogP contribution in [0, 0.1) is 5.82 Å². The molecule has 4 heteroatoms. The van der Waals surface area contributed by atoms with Crippen molar-refractivity contribution in [3.05, 3.63) is 29.6 Å². The SMILES string of the molecule is CC(C)Oc1ccc(F)cc1CC(N)=S. The number of thiocarbonyl (C=S) groups is 1. The number of halogens is 1. The Labute approximate surface area is 94.2 Å². The fraction of sp³-hybridized carbons (Fsp3) is 0.364. The summed E-state index contributed by atoms with van der Waals surface area (Å²) in [6.07, 6.45) is 0.398. The third-order valence-electron chi connectivity index (χ3n) is 1.75. The molecule has 1 rings (SSSR count). The highest BCUT2D eigenvalue weighted by Gasteiger charge is 2.08. The molecule has 0 aliphatic rings. The van der Waals surface area contributed by atoms with Gasteiger partial charge in [0.1, 0.15) is 11.6 Å². The second kappa shape index (κ2) is 5.07. The average Bonchev–Trinajstić information content (AvgIpc) is 2.08. The zero-order chi connectivity index (χ0) is 11.4. The summed E-state index contributed by atoms with van der Waals surface area (Å²) < 4.78 is 18.5. The first-order valence-corrected chi connectivity index (χ1v) is 5.13. The van der Waals surface area contributed by atoms with E-state index in [1.54, 1.807) is 6.07 Å². The van der Waals surface area contributed by atoms with Crippen LogP contribution in [0.5, 0.6) is 5.75 Å². The Kier molecular flexibility index (Phi) is 4.03. The van der Waals surface area contributed by atoms with E-state index < -0.39 is 0 Å². The molecule has 2 nitrogen and oxygen atoms in total. The molecule has 0 spiro atoms. The number of nitrogens with two attached hydrogens (primary N) is 1. The van der Waals surface area contributed by atoms with Crippen LogP contribution in [0.3, 0.4) is 0 Å². The van der Waals surface area contributed by atoms with Gasteiger partial charge in [0.15, 0.2) is 0 Å². The summed E-state index contributed by atoms with van der Waals surface area (Å²) in [5.74, 6) is 0.330. The molecule has 0 atom stereocenters. The first-order chi connectivity index (χ1) is 6.99. The van der Waals surface area contributed by atoms with Gasteiger partial charge in [-0.1, -0.05) is 12.2 Å². The lowest BCUT2D eigenvalue weighted by atomic mass is 10.1. The third-order valence-corrected chi connectivity index (χ3v) is 1.89. The predicted molar refractivity (Wildman–Crippen MR) is 62.7 cm³/mol. The zero-order valence-electron chi connectivity index (χ0n) is 8.79. The molecule has 0 bridgehead atoms. The van der Waals surface area contributed by atoms with E-state index in [0.717, 1.165) is 0 Å². The van der Waals surface area contributed by atoms with Crippen molar-refractivity contribution in [3.63, 3.8) is 0 Å². The largest absolute Gasteiger partial charge is 0.491 e. The Morgan fingerprint density at radius 2 is 2.20 bits per heavy atom. The summed E-state index contributed by atoms with van der Waals surface area (Å²) in [4.78, 5) is 0.328. The minimum Gasteiger partial charge on any atom is -0.491 e. The van der Waals surface area contributed by atoms with Crippen molar-refractivity contribution < 1.29 is 9.13 Å². The van der Waals surface area contributed by atoms with E-state index >= 15 is 0 Å². The van der Waals surface area contributed by atoms with Gasteiger partial charge in [0, 0.05) is 12.0 Å². The van der Waals surface area contributed by atoms with Gasteiger partial charge in [-0.3, -0.25) is 0 Å². The smallest absolute Gasteiger partial charge is 0.123 e. The van der Waals surface area contributed by atoms with E-state index in [1.807, 2.05) is 13.8 Å². The molecular formula is C11H14FNOS. The standard InChI is InChI=1S/C11H14FNOS/c1-7(2)14-10-4-3-9(12)5-8(10)6-11(13)15/h3-5,7H,6H2,1-2H3,(H2,13,15). The average molecular weight is 227 g/mol. The molecule has 1 aromatic carbocycles. The lowest BCUT2D eigenvalue weighted by Gasteiger charge is -2.13. The van der Waals surface area contributed by atoms with Gasteiger partial charge < -0.3 is 10.5 Å². The maximum Gasteiger partial charge on any atom is 0.123 e. The second-order valence-electron chi connectivity index (χ2n) is 3.56. The molecule has 82 valence electrons. The number of benzene rings is 1. The molecule has 2 N–H and O–H groups in total. The van der Waals surface area contributed by atoms with Gasteiger partial charge in [0.05, 0.1) is 11.1 Å². The summed E-state index contributed by atoms with van der Waals surface area (Å²) >= 11 is 4.79. The fourth-order valence-electron chi connectivity index (χ4n) is 1.24. The summed E-state index contributed by atoms with van der Waals surface area (Å²) in [7, 11) is 0. The van der Waals surface area contributed by atoms with Crippen molar-refractivity contribution in [1.29, 1.82) is 0 Å². The van der Waals surface area contributed by atoms with Crippen molar-refractivity contribution in [2.45, 2.75) is 26.4 Å². The quantitative estimate of drug-likeness (QED) is 0.802. The maximum absolute atomic E-state index is 13.0.